The molecule has 0 radical (unpaired) electrons. The summed E-state index contributed by atoms with van der Waals surface area (Å²) in [5.74, 6) is -3.01. The molecule has 1 saturated carbocycles. The lowest BCUT2D eigenvalue weighted by atomic mass is 9.84. The van der Waals surface area contributed by atoms with E-state index in [1.54, 1.807) is 0 Å². The molecule has 0 aromatic rings. The SMILES string of the molecule is CCCCCCCC/C=C\CCCCCC(=O)OCC(COP(=O)(O)OC1C(OC2OC(CO)C(O)C(O)C2O)C(O)C(O)C(OC(=O)CCCCCCCCCCCCCCC)C1OC1OC(COC(=O)CCCCCCCCCCCCCCC)C(O)C(O)C1O)OC(=O)CCCCC/C=C\CCCCCCCC. The lowest BCUT2D eigenvalue weighted by Crippen LogP contribution is -2.70. The highest BCUT2D eigenvalue weighted by atomic mass is 31.2. The summed E-state index contributed by atoms with van der Waals surface area (Å²) in [6, 6.07) is 0. The topological polar surface area (TPSA) is 380 Å². The first-order valence-corrected chi connectivity index (χ1v) is 45.6. The van der Waals surface area contributed by atoms with Crippen molar-refractivity contribution in [3.05, 3.63) is 24.3 Å². The minimum atomic E-state index is -5.81. The number of allylic oxidation sites excluding steroid dienone is 4. The number of hydrogen-bond donors (Lipinski definition) is 10. The fraction of sp³-hybridized carbons (Fsp3) is 0.906. The summed E-state index contributed by atoms with van der Waals surface area (Å²) in [6.45, 7) is 5.51. The van der Waals surface area contributed by atoms with E-state index in [1.807, 2.05) is 0 Å². The number of aliphatic hydroxyl groups is 9. The maximum atomic E-state index is 14.8. The van der Waals surface area contributed by atoms with E-state index in [0.717, 1.165) is 122 Å². The van der Waals surface area contributed by atoms with Gasteiger partial charge in [-0.05, 0) is 77.0 Å². The van der Waals surface area contributed by atoms with Gasteiger partial charge in [0.05, 0.1) is 13.2 Å². The molecule has 0 amide bonds. The molecule has 26 heteroatoms. The number of carbonyl (C=O) groups excluding carboxylic acids is 4. The van der Waals surface area contributed by atoms with Gasteiger partial charge in [0, 0.05) is 25.7 Å². The molecule has 3 rings (SSSR count). The normalized spacial score (nSPS) is 25.8. The summed E-state index contributed by atoms with van der Waals surface area (Å²) < 4.78 is 73.1. The van der Waals surface area contributed by atoms with Crippen LogP contribution in [0.3, 0.4) is 0 Å². The highest BCUT2D eigenvalue weighted by Crippen LogP contribution is 2.49. The molecule has 0 bridgehead atoms. The van der Waals surface area contributed by atoms with Crippen molar-refractivity contribution in [3.8, 4) is 0 Å². The van der Waals surface area contributed by atoms with Gasteiger partial charge < -0.3 is 88.7 Å². The average molecular weight is 1610 g/mol. The number of unbranched alkanes of at least 4 members (excludes halogenated alkanes) is 42. The fourth-order valence-electron chi connectivity index (χ4n) is 14.4. The molecule has 3 aliphatic rings. The molecule has 10 N–H and O–H groups in total. The molecule has 2 saturated heterocycles. The lowest BCUT2D eigenvalue weighted by Gasteiger charge is -2.50. The van der Waals surface area contributed by atoms with Crippen LogP contribution in [0, 0.1) is 0 Å². The molecule has 111 heavy (non-hydrogen) atoms. The lowest BCUT2D eigenvalue weighted by molar-refractivity contribution is -0.360. The van der Waals surface area contributed by atoms with Gasteiger partial charge in [0.15, 0.2) is 24.8 Å². The molecule has 1 aliphatic carbocycles. The first-order valence-electron chi connectivity index (χ1n) is 44.1. The molecule has 0 spiro atoms. The summed E-state index contributed by atoms with van der Waals surface area (Å²) in [4.78, 5) is 66.2. The Balaban J connectivity index is 1.95. The van der Waals surface area contributed by atoms with Crippen molar-refractivity contribution in [2.24, 2.45) is 0 Å². The van der Waals surface area contributed by atoms with Gasteiger partial charge in [0.1, 0.15) is 92.6 Å². The van der Waals surface area contributed by atoms with Crippen LogP contribution in [-0.2, 0) is 70.7 Å². The van der Waals surface area contributed by atoms with Crippen LogP contribution in [0.1, 0.15) is 362 Å². The molecule has 18 atom stereocenters. The Morgan fingerprint density at radius 2 is 0.676 bits per heavy atom. The predicted molar refractivity (Wildman–Crippen MR) is 426 cm³/mol. The number of aliphatic hydroxyl groups excluding tert-OH is 9. The number of esters is 4. The van der Waals surface area contributed by atoms with Crippen molar-refractivity contribution in [1.29, 1.82) is 0 Å². The molecule has 3 fully saturated rings. The van der Waals surface area contributed by atoms with Crippen molar-refractivity contribution in [1.82, 2.24) is 0 Å². The van der Waals surface area contributed by atoms with Crippen LogP contribution in [0.5, 0.6) is 0 Å². The molecule has 18 unspecified atom stereocenters. The molecule has 2 aliphatic heterocycles. The number of rotatable bonds is 70. The summed E-state index contributed by atoms with van der Waals surface area (Å²) in [7, 11) is -5.81. The largest absolute Gasteiger partial charge is 0.472 e. The van der Waals surface area contributed by atoms with E-state index in [1.165, 1.54) is 148 Å². The molecule has 25 nitrogen and oxygen atoms in total. The van der Waals surface area contributed by atoms with E-state index < -0.39 is 162 Å². The van der Waals surface area contributed by atoms with Crippen molar-refractivity contribution in [2.75, 3.05) is 26.4 Å². The van der Waals surface area contributed by atoms with Crippen molar-refractivity contribution < 1.29 is 122 Å². The molecular weight excluding hydrogens is 1450 g/mol. The second kappa shape index (κ2) is 65.0. The van der Waals surface area contributed by atoms with Crippen molar-refractivity contribution in [2.45, 2.75) is 466 Å². The van der Waals surface area contributed by atoms with Gasteiger partial charge in [-0.3, -0.25) is 28.2 Å². The third kappa shape index (κ3) is 46.0. The number of hydrogen-bond acceptors (Lipinski definition) is 24. The van der Waals surface area contributed by atoms with Gasteiger partial charge in [-0.25, -0.2) is 4.57 Å². The maximum absolute atomic E-state index is 14.8. The van der Waals surface area contributed by atoms with Crippen LogP contribution in [0.4, 0.5) is 0 Å². The Hall–Kier alpha value is -3.05. The summed E-state index contributed by atoms with van der Waals surface area (Å²) >= 11 is 0. The second-order valence-corrected chi connectivity index (χ2v) is 32.8. The van der Waals surface area contributed by atoms with Gasteiger partial charge in [-0.1, -0.05) is 283 Å². The van der Waals surface area contributed by atoms with E-state index in [4.69, 9.17) is 46.9 Å². The molecule has 0 aromatic carbocycles. The smallest absolute Gasteiger partial charge is 0.463 e. The Labute approximate surface area is 666 Å². The first-order chi connectivity index (χ1) is 53.7. The zero-order valence-electron chi connectivity index (χ0n) is 68.8. The fourth-order valence-corrected chi connectivity index (χ4v) is 15.3. The molecule has 0 aromatic heterocycles. The molecule has 2 heterocycles. The highest BCUT2D eigenvalue weighted by Gasteiger charge is 2.60. The van der Waals surface area contributed by atoms with Crippen LogP contribution in [0.2, 0.25) is 0 Å². The third-order valence-corrected chi connectivity index (χ3v) is 22.4. The van der Waals surface area contributed by atoms with E-state index in [-0.39, 0.29) is 25.7 Å². The van der Waals surface area contributed by atoms with Crippen LogP contribution in [0.15, 0.2) is 24.3 Å². The standard InChI is InChI=1S/C85H155O25P/c1-5-9-13-17-21-25-29-33-37-41-45-49-53-57-68(87)101-62-65(104-70(89)59-55-51-47-43-39-35-31-27-23-19-15-11-7-3)63-103-111(99,100)110-83-81(108-84-78(97)74(93)72(91)66(61-86)105-84)77(96)76(95)80(107-71(90)60-56-52-48-44-40-36-32-28-24-20-16-12-8-4)82(83)109-85-79(98)75(94)73(92)67(106-85)64-102-69(88)58-54-50-46-42-38-34-30-26-22-18-14-10-6-2/h33,35,37,39,65-67,72-86,91-98H,5-32,34,36,38,40-64H2,1-4H3,(H,99,100)/b37-33-,39-35-. The summed E-state index contributed by atoms with van der Waals surface area (Å²) in [5, 5.41) is 102. The minimum Gasteiger partial charge on any atom is -0.463 e. The van der Waals surface area contributed by atoms with Crippen LogP contribution < -0.4 is 0 Å². The highest BCUT2D eigenvalue weighted by molar-refractivity contribution is 7.47. The summed E-state index contributed by atoms with van der Waals surface area (Å²) in [6.07, 6.45) is 22.2. The van der Waals surface area contributed by atoms with Crippen LogP contribution >= 0.6 is 7.82 Å². The average Bonchev–Trinajstić information content (AvgIpc) is 0.754. The van der Waals surface area contributed by atoms with Gasteiger partial charge in [-0.2, -0.15) is 0 Å². The van der Waals surface area contributed by atoms with Crippen molar-refractivity contribution >= 4 is 31.7 Å². The maximum Gasteiger partial charge on any atom is 0.472 e. The van der Waals surface area contributed by atoms with E-state index >= 15 is 0 Å². The number of ether oxygens (including phenoxy) is 8. The van der Waals surface area contributed by atoms with Gasteiger partial charge >= 0.3 is 31.7 Å². The monoisotopic (exact) mass is 1610 g/mol. The zero-order valence-corrected chi connectivity index (χ0v) is 69.7. The second-order valence-electron chi connectivity index (χ2n) is 31.4. The third-order valence-electron chi connectivity index (χ3n) is 21.4. The Bertz CT molecular complexity index is 2420. The number of carbonyl (C=O) groups is 4. The van der Waals surface area contributed by atoms with E-state index in [0.29, 0.717) is 38.5 Å². The number of phosphoric acid groups is 1. The van der Waals surface area contributed by atoms with Crippen LogP contribution in [0.25, 0.3) is 0 Å². The minimum absolute atomic E-state index is 0.0110. The van der Waals surface area contributed by atoms with Crippen LogP contribution in [-0.4, -0.2) is 205 Å². The Morgan fingerprint density at radius 1 is 0.351 bits per heavy atom. The molecular formula is C85H155O25P. The quantitative estimate of drug-likeness (QED) is 0.00889. The predicted octanol–water partition coefficient (Wildman–Crippen LogP) is 15.0. The Morgan fingerprint density at radius 3 is 1.08 bits per heavy atom. The number of phosphoric ester groups is 1. The first kappa shape index (κ1) is 102. The Kier molecular flexibility index (Phi) is 59.8. The van der Waals surface area contributed by atoms with Gasteiger partial charge in [0.2, 0.25) is 0 Å². The summed E-state index contributed by atoms with van der Waals surface area (Å²) in [5.41, 5.74) is 0. The zero-order chi connectivity index (χ0) is 81.1. The molecule has 650 valence electrons. The van der Waals surface area contributed by atoms with Gasteiger partial charge in [-0.15, -0.1) is 0 Å². The van der Waals surface area contributed by atoms with E-state index in [2.05, 4.69) is 52.0 Å². The van der Waals surface area contributed by atoms with Crippen molar-refractivity contribution in [3.63, 3.8) is 0 Å². The van der Waals surface area contributed by atoms with E-state index in [9.17, 15) is 74.6 Å². The van der Waals surface area contributed by atoms with Gasteiger partial charge in [0.25, 0.3) is 0 Å².